The molecule has 1 N–H and O–H groups in total. The SMILES string of the molecule is N#Cc1ccccc1[C@@H]1CNC(=O)C12CCCC2. The second-order valence-electron chi connectivity index (χ2n) is 5.32. The topological polar surface area (TPSA) is 52.9 Å². The monoisotopic (exact) mass is 240 g/mol. The normalized spacial score (nSPS) is 25.1. The van der Waals surface area contributed by atoms with Crippen LogP contribution in [0, 0.1) is 16.7 Å². The lowest BCUT2D eigenvalue weighted by Gasteiger charge is -2.28. The minimum absolute atomic E-state index is 0.170. The van der Waals surface area contributed by atoms with Crippen molar-refractivity contribution < 1.29 is 4.79 Å². The van der Waals surface area contributed by atoms with Crippen molar-refractivity contribution in [1.82, 2.24) is 5.32 Å². The van der Waals surface area contributed by atoms with Gasteiger partial charge in [-0.1, -0.05) is 31.0 Å². The van der Waals surface area contributed by atoms with Crippen LogP contribution in [-0.4, -0.2) is 12.5 Å². The van der Waals surface area contributed by atoms with Gasteiger partial charge in [-0.25, -0.2) is 0 Å². The number of nitrogens with one attached hydrogen (secondary N) is 1. The van der Waals surface area contributed by atoms with E-state index in [1.165, 1.54) is 0 Å². The molecule has 1 amide bonds. The van der Waals surface area contributed by atoms with Gasteiger partial charge in [0, 0.05) is 12.5 Å². The average molecular weight is 240 g/mol. The van der Waals surface area contributed by atoms with Crippen LogP contribution in [0.5, 0.6) is 0 Å². The zero-order valence-corrected chi connectivity index (χ0v) is 10.3. The Labute approximate surface area is 107 Å². The van der Waals surface area contributed by atoms with Gasteiger partial charge < -0.3 is 5.32 Å². The van der Waals surface area contributed by atoms with Crippen molar-refractivity contribution in [2.75, 3.05) is 6.54 Å². The molecule has 0 aromatic heterocycles. The van der Waals surface area contributed by atoms with E-state index in [4.69, 9.17) is 0 Å². The number of nitrogens with zero attached hydrogens (tertiary/aromatic N) is 1. The van der Waals surface area contributed by atoms with Gasteiger partial charge in [-0.05, 0) is 24.5 Å². The van der Waals surface area contributed by atoms with E-state index in [9.17, 15) is 10.1 Å². The summed E-state index contributed by atoms with van der Waals surface area (Å²) in [6.07, 6.45) is 4.17. The van der Waals surface area contributed by atoms with Gasteiger partial charge in [0.05, 0.1) is 17.0 Å². The molecule has 1 saturated heterocycles. The molecule has 2 aliphatic rings. The van der Waals surface area contributed by atoms with Crippen molar-refractivity contribution in [1.29, 1.82) is 5.26 Å². The van der Waals surface area contributed by atoms with E-state index in [1.807, 2.05) is 24.3 Å². The molecule has 1 aliphatic heterocycles. The third-order valence-corrected chi connectivity index (χ3v) is 4.54. The first-order chi connectivity index (χ1) is 8.78. The van der Waals surface area contributed by atoms with E-state index in [0.29, 0.717) is 12.1 Å². The van der Waals surface area contributed by atoms with Gasteiger partial charge in [-0.3, -0.25) is 4.79 Å². The van der Waals surface area contributed by atoms with Crippen molar-refractivity contribution in [3.63, 3.8) is 0 Å². The Hall–Kier alpha value is -1.82. The molecule has 1 spiro atoms. The summed E-state index contributed by atoms with van der Waals surface area (Å²) in [6, 6.07) is 9.95. The summed E-state index contributed by atoms with van der Waals surface area (Å²) in [5.74, 6) is 0.362. The first-order valence-electron chi connectivity index (χ1n) is 6.55. The maximum Gasteiger partial charge on any atom is 0.226 e. The summed E-state index contributed by atoms with van der Waals surface area (Å²) in [4.78, 5) is 12.2. The second kappa shape index (κ2) is 4.13. The highest BCUT2D eigenvalue weighted by molar-refractivity contribution is 5.87. The molecular weight excluding hydrogens is 224 g/mol. The van der Waals surface area contributed by atoms with Crippen LogP contribution in [0.2, 0.25) is 0 Å². The van der Waals surface area contributed by atoms with Gasteiger partial charge >= 0.3 is 0 Å². The molecule has 0 unspecified atom stereocenters. The summed E-state index contributed by atoms with van der Waals surface area (Å²) >= 11 is 0. The second-order valence-corrected chi connectivity index (χ2v) is 5.32. The molecule has 18 heavy (non-hydrogen) atoms. The number of carbonyl (C=O) groups is 1. The van der Waals surface area contributed by atoms with Crippen molar-refractivity contribution >= 4 is 5.91 Å². The fraction of sp³-hybridized carbons (Fsp3) is 0.467. The zero-order valence-electron chi connectivity index (χ0n) is 10.3. The minimum Gasteiger partial charge on any atom is -0.355 e. The molecule has 1 aromatic rings. The molecule has 3 nitrogen and oxygen atoms in total. The summed E-state index contributed by atoms with van der Waals surface area (Å²) in [5, 5.41) is 12.2. The molecule has 3 heteroatoms. The van der Waals surface area contributed by atoms with Gasteiger partial charge in [0.15, 0.2) is 0 Å². The lowest BCUT2D eigenvalue weighted by molar-refractivity contribution is -0.127. The fourth-order valence-electron chi connectivity index (χ4n) is 3.62. The van der Waals surface area contributed by atoms with Crippen LogP contribution in [0.4, 0.5) is 0 Å². The molecule has 3 rings (SSSR count). The quantitative estimate of drug-likeness (QED) is 0.819. The van der Waals surface area contributed by atoms with Crippen molar-refractivity contribution in [3.05, 3.63) is 35.4 Å². The zero-order chi connectivity index (χ0) is 12.6. The van der Waals surface area contributed by atoms with Gasteiger partial charge in [0.2, 0.25) is 5.91 Å². The Bertz CT molecular complexity index is 524. The van der Waals surface area contributed by atoms with Crippen LogP contribution < -0.4 is 5.32 Å². The Morgan fingerprint density at radius 1 is 1.28 bits per heavy atom. The summed E-state index contributed by atoms with van der Waals surface area (Å²) in [6.45, 7) is 0.678. The molecule has 1 heterocycles. The molecule has 1 aliphatic carbocycles. The average Bonchev–Trinajstić information content (AvgIpc) is 3.01. The highest BCUT2D eigenvalue weighted by atomic mass is 16.2. The van der Waals surface area contributed by atoms with E-state index in [2.05, 4.69) is 11.4 Å². The number of carbonyl (C=O) groups excluding carboxylic acids is 1. The Morgan fingerprint density at radius 2 is 2.00 bits per heavy atom. The van der Waals surface area contributed by atoms with Gasteiger partial charge in [0.1, 0.15) is 0 Å². The number of hydrogen-bond acceptors (Lipinski definition) is 2. The lowest BCUT2D eigenvalue weighted by atomic mass is 9.72. The predicted octanol–water partition coefficient (Wildman–Crippen LogP) is 2.33. The van der Waals surface area contributed by atoms with E-state index in [-0.39, 0.29) is 17.2 Å². The van der Waals surface area contributed by atoms with Gasteiger partial charge in [0.25, 0.3) is 0 Å². The molecule has 1 saturated carbocycles. The van der Waals surface area contributed by atoms with E-state index in [0.717, 1.165) is 31.2 Å². The van der Waals surface area contributed by atoms with Gasteiger partial charge in [-0.2, -0.15) is 5.26 Å². The number of hydrogen-bond donors (Lipinski definition) is 1. The Kier molecular flexibility index (Phi) is 2.59. The van der Waals surface area contributed by atoms with Crippen LogP contribution in [0.25, 0.3) is 0 Å². The molecule has 0 radical (unpaired) electrons. The third kappa shape index (κ3) is 1.45. The predicted molar refractivity (Wildman–Crippen MR) is 67.8 cm³/mol. The van der Waals surface area contributed by atoms with Crippen LogP contribution >= 0.6 is 0 Å². The van der Waals surface area contributed by atoms with Crippen molar-refractivity contribution in [3.8, 4) is 6.07 Å². The van der Waals surface area contributed by atoms with Crippen LogP contribution in [0.15, 0.2) is 24.3 Å². The van der Waals surface area contributed by atoms with E-state index < -0.39 is 0 Å². The smallest absolute Gasteiger partial charge is 0.226 e. The van der Waals surface area contributed by atoms with E-state index >= 15 is 0 Å². The molecule has 92 valence electrons. The summed E-state index contributed by atoms with van der Waals surface area (Å²) in [5.41, 5.74) is 1.51. The molecule has 0 bridgehead atoms. The highest BCUT2D eigenvalue weighted by Gasteiger charge is 2.52. The van der Waals surface area contributed by atoms with E-state index in [1.54, 1.807) is 0 Å². The number of nitriles is 1. The maximum absolute atomic E-state index is 12.2. The van der Waals surface area contributed by atoms with Crippen LogP contribution in [0.1, 0.15) is 42.7 Å². The van der Waals surface area contributed by atoms with Crippen LogP contribution in [-0.2, 0) is 4.79 Å². The minimum atomic E-state index is -0.243. The molecule has 2 fully saturated rings. The highest BCUT2D eigenvalue weighted by Crippen LogP contribution is 2.52. The van der Waals surface area contributed by atoms with Crippen LogP contribution in [0.3, 0.4) is 0 Å². The largest absolute Gasteiger partial charge is 0.355 e. The summed E-state index contributed by atoms with van der Waals surface area (Å²) in [7, 11) is 0. The third-order valence-electron chi connectivity index (χ3n) is 4.54. The number of benzene rings is 1. The summed E-state index contributed by atoms with van der Waals surface area (Å²) < 4.78 is 0. The fourth-order valence-corrected chi connectivity index (χ4v) is 3.62. The molecular formula is C15H16N2O. The Morgan fingerprint density at radius 3 is 2.72 bits per heavy atom. The standard InChI is InChI=1S/C15H16N2O/c16-9-11-5-1-2-6-12(11)13-10-17-14(18)15(13)7-3-4-8-15/h1-2,5-6,13H,3-4,7-8,10H2,(H,17,18)/t13-/m0/s1. The Balaban J connectivity index is 2.06. The van der Waals surface area contributed by atoms with Gasteiger partial charge in [-0.15, -0.1) is 0 Å². The number of rotatable bonds is 1. The lowest BCUT2D eigenvalue weighted by Crippen LogP contribution is -2.31. The number of amides is 1. The van der Waals surface area contributed by atoms with Crippen molar-refractivity contribution in [2.45, 2.75) is 31.6 Å². The molecule has 1 atom stereocenters. The van der Waals surface area contributed by atoms with Crippen molar-refractivity contribution in [2.24, 2.45) is 5.41 Å². The first-order valence-corrected chi connectivity index (χ1v) is 6.55. The first kappa shape index (κ1) is 11.3. The maximum atomic E-state index is 12.2. The molecule has 1 aromatic carbocycles.